The molecule has 0 aromatic heterocycles. The predicted molar refractivity (Wildman–Crippen MR) is 101 cm³/mol. The number of carbonyl (C=O) groups excluding carboxylic acids is 3. The lowest BCUT2D eigenvalue weighted by atomic mass is 10.0. The first kappa shape index (κ1) is 24.7. The normalized spacial score (nSPS) is 12.7. The Bertz CT molecular complexity index is 763. The molecule has 0 aliphatic carbocycles. The summed E-state index contributed by atoms with van der Waals surface area (Å²) in [6, 6.07) is 1.96. The third-order valence-corrected chi connectivity index (χ3v) is 3.83. The molecule has 29 heavy (non-hydrogen) atoms. The molecule has 1 rings (SSSR count). The van der Waals surface area contributed by atoms with Crippen molar-refractivity contribution in [1.82, 2.24) is 10.6 Å². The first-order valence-electron chi connectivity index (χ1n) is 8.42. The van der Waals surface area contributed by atoms with Crippen LogP contribution in [0.2, 0.25) is 0 Å². The smallest absolute Gasteiger partial charge is 0.416 e. The second-order valence-corrected chi connectivity index (χ2v) is 7.94. The van der Waals surface area contributed by atoms with Gasteiger partial charge < -0.3 is 20.1 Å². The molecule has 2 N–H and O–H groups in total. The van der Waals surface area contributed by atoms with Gasteiger partial charge in [0.15, 0.2) is 0 Å². The Morgan fingerprint density at radius 1 is 1.14 bits per heavy atom. The average Bonchev–Trinajstić information content (AvgIpc) is 2.56. The zero-order valence-corrected chi connectivity index (χ0v) is 17.9. The lowest BCUT2D eigenvalue weighted by molar-refractivity contribution is -0.141. The molecule has 0 saturated carbocycles. The highest BCUT2D eigenvalue weighted by molar-refractivity contribution is 9.10. The molecule has 2 amide bonds. The lowest BCUT2D eigenvalue weighted by Crippen LogP contribution is -2.41. The minimum absolute atomic E-state index is 0.0442. The van der Waals surface area contributed by atoms with Gasteiger partial charge in [0.1, 0.15) is 12.1 Å². The van der Waals surface area contributed by atoms with Crippen molar-refractivity contribution >= 4 is 33.9 Å². The van der Waals surface area contributed by atoms with Crippen LogP contribution in [0.4, 0.5) is 18.0 Å². The summed E-state index contributed by atoms with van der Waals surface area (Å²) in [6.45, 7) is 4.44. The van der Waals surface area contributed by atoms with Gasteiger partial charge in [-0.2, -0.15) is 13.2 Å². The van der Waals surface area contributed by atoms with Crippen molar-refractivity contribution in [2.24, 2.45) is 0 Å². The number of rotatable bonds is 6. The molecule has 0 spiro atoms. The van der Waals surface area contributed by atoms with E-state index in [1.165, 1.54) is 6.07 Å². The Kier molecular flexibility index (Phi) is 8.49. The van der Waals surface area contributed by atoms with Gasteiger partial charge in [-0.15, -0.1) is 0 Å². The molecular formula is C18H22BrF3N2O5. The van der Waals surface area contributed by atoms with Crippen molar-refractivity contribution < 1.29 is 37.0 Å². The third kappa shape index (κ3) is 9.16. The molecule has 0 bridgehead atoms. The molecule has 0 radical (unpaired) electrons. The Balaban J connectivity index is 2.97. The summed E-state index contributed by atoms with van der Waals surface area (Å²) in [5, 5.41) is 4.66. The van der Waals surface area contributed by atoms with Crippen LogP contribution >= 0.6 is 15.9 Å². The van der Waals surface area contributed by atoms with E-state index in [2.05, 4.69) is 31.3 Å². The van der Waals surface area contributed by atoms with Crippen LogP contribution in [0.5, 0.6) is 0 Å². The van der Waals surface area contributed by atoms with Crippen molar-refractivity contribution in [3.8, 4) is 0 Å². The maximum Gasteiger partial charge on any atom is 0.416 e. The number of nitrogens with one attached hydrogen (secondary N) is 2. The van der Waals surface area contributed by atoms with Gasteiger partial charge in [0.05, 0.1) is 25.1 Å². The Labute approximate surface area is 174 Å². The van der Waals surface area contributed by atoms with E-state index in [0.29, 0.717) is 0 Å². The highest BCUT2D eigenvalue weighted by Crippen LogP contribution is 2.34. The molecule has 0 unspecified atom stereocenters. The number of benzene rings is 1. The molecule has 7 nitrogen and oxygen atoms in total. The predicted octanol–water partition coefficient (Wildman–Crippen LogP) is 3.71. The number of amides is 2. The molecule has 0 aliphatic heterocycles. The summed E-state index contributed by atoms with van der Waals surface area (Å²) in [4.78, 5) is 35.5. The minimum Gasteiger partial charge on any atom is -0.469 e. The number of esters is 1. The van der Waals surface area contributed by atoms with Gasteiger partial charge in [-0.1, -0.05) is 15.9 Å². The van der Waals surface area contributed by atoms with Crippen LogP contribution in [0, 0.1) is 0 Å². The van der Waals surface area contributed by atoms with Crippen LogP contribution < -0.4 is 10.6 Å². The SMILES string of the molecule is COC(=O)C[C@H](NC(=O)CNC(=O)OC(C)(C)C)c1cc(Br)cc(C(F)(F)F)c1. The summed E-state index contributed by atoms with van der Waals surface area (Å²) in [5.74, 6) is -1.46. The van der Waals surface area contributed by atoms with E-state index < -0.39 is 54.3 Å². The van der Waals surface area contributed by atoms with Crippen LogP contribution in [-0.4, -0.2) is 37.2 Å². The van der Waals surface area contributed by atoms with E-state index in [9.17, 15) is 27.6 Å². The van der Waals surface area contributed by atoms with Gasteiger partial charge in [-0.25, -0.2) is 4.79 Å². The van der Waals surface area contributed by atoms with Crippen molar-refractivity contribution in [3.05, 3.63) is 33.8 Å². The molecule has 1 atom stereocenters. The van der Waals surface area contributed by atoms with E-state index in [-0.39, 0.29) is 10.0 Å². The fraction of sp³-hybridized carbons (Fsp3) is 0.500. The topological polar surface area (TPSA) is 93.7 Å². The Morgan fingerprint density at radius 2 is 1.76 bits per heavy atom. The molecule has 0 saturated heterocycles. The molecule has 0 fully saturated rings. The quantitative estimate of drug-likeness (QED) is 0.602. The number of methoxy groups -OCH3 is 1. The van der Waals surface area contributed by atoms with Crippen LogP contribution in [0.1, 0.15) is 44.4 Å². The summed E-state index contributed by atoms with van der Waals surface area (Å²) in [7, 11) is 1.12. The molecule has 11 heteroatoms. The van der Waals surface area contributed by atoms with E-state index in [4.69, 9.17) is 4.74 Å². The highest BCUT2D eigenvalue weighted by Gasteiger charge is 2.32. The largest absolute Gasteiger partial charge is 0.469 e. The van der Waals surface area contributed by atoms with E-state index in [1.807, 2.05) is 0 Å². The van der Waals surface area contributed by atoms with Gasteiger partial charge in [-0.3, -0.25) is 9.59 Å². The van der Waals surface area contributed by atoms with Crippen molar-refractivity contribution in [2.75, 3.05) is 13.7 Å². The standard InChI is InChI=1S/C18H22BrF3N2O5/c1-17(2,3)29-16(27)23-9-14(25)24-13(8-15(26)28-4)10-5-11(18(20,21)22)7-12(19)6-10/h5-7,13H,8-9H2,1-4H3,(H,23,27)(H,24,25)/t13-/m0/s1. The molecule has 0 heterocycles. The summed E-state index contributed by atoms with van der Waals surface area (Å²) < 4.78 is 48.9. The highest BCUT2D eigenvalue weighted by atomic mass is 79.9. The van der Waals surface area contributed by atoms with E-state index in [1.54, 1.807) is 20.8 Å². The molecule has 1 aromatic rings. The lowest BCUT2D eigenvalue weighted by Gasteiger charge is -2.21. The first-order chi connectivity index (χ1) is 13.2. The van der Waals surface area contributed by atoms with Crippen LogP contribution in [0.15, 0.2) is 22.7 Å². The van der Waals surface area contributed by atoms with Crippen LogP contribution in [0.3, 0.4) is 0 Å². The third-order valence-electron chi connectivity index (χ3n) is 3.38. The summed E-state index contributed by atoms with van der Waals surface area (Å²) >= 11 is 3.00. The molecule has 162 valence electrons. The van der Waals surface area contributed by atoms with Crippen LogP contribution in [0.25, 0.3) is 0 Å². The number of alkyl carbamates (subject to hydrolysis) is 1. The second-order valence-electron chi connectivity index (χ2n) is 7.03. The van der Waals surface area contributed by atoms with E-state index >= 15 is 0 Å². The Hall–Kier alpha value is -2.30. The van der Waals surface area contributed by atoms with Gasteiger partial charge in [0.25, 0.3) is 0 Å². The maximum atomic E-state index is 13.1. The number of carbonyl (C=O) groups is 3. The number of hydrogen-bond donors (Lipinski definition) is 2. The van der Waals surface area contributed by atoms with Gasteiger partial charge in [-0.05, 0) is 44.5 Å². The maximum absolute atomic E-state index is 13.1. The summed E-state index contributed by atoms with van der Waals surface area (Å²) in [5.41, 5.74) is -1.67. The van der Waals surface area contributed by atoms with Crippen LogP contribution in [-0.2, 0) is 25.2 Å². The minimum atomic E-state index is -4.61. The number of hydrogen-bond acceptors (Lipinski definition) is 5. The van der Waals surface area contributed by atoms with Gasteiger partial charge in [0.2, 0.25) is 5.91 Å². The fourth-order valence-electron chi connectivity index (χ4n) is 2.19. The van der Waals surface area contributed by atoms with E-state index in [0.717, 1.165) is 19.2 Å². The van der Waals surface area contributed by atoms with Crippen molar-refractivity contribution in [2.45, 2.75) is 45.0 Å². The first-order valence-corrected chi connectivity index (χ1v) is 9.21. The fourth-order valence-corrected chi connectivity index (χ4v) is 2.70. The van der Waals surface area contributed by atoms with Crippen molar-refractivity contribution in [3.63, 3.8) is 0 Å². The zero-order valence-electron chi connectivity index (χ0n) is 16.3. The molecule has 1 aromatic carbocycles. The Morgan fingerprint density at radius 3 is 2.28 bits per heavy atom. The summed E-state index contributed by atoms with van der Waals surface area (Å²) in [6.07, 6.45) is -5.85. The molecular weight excluding hydrogens is 461 g/mol. The second kappa shape index (κ2) is 9.95. The molecule has 0 aliphatic rings. The van der Waals surface area contributed by atoms with Gasteiger partial charge in [0, 0.05) is 4.47 Å². The monoisotopic (exact) mass is 482 g/mol. The van der Waals surface area contributed by atoms with Crippen molar-refractivity contribution in [1.29, 1.82) is 0 Å². The number of halogens is 4. The number of ether oxygens (including phenoxy) is 2. The number of alkyl halides is 3. The average molecular weight is 483 g/mol. The zero-order chi connectivity index (χ0) is 22.4. The van der Waals surface area contributed by atoms with Gasteiger partial charge >= 0.3 is 18.2 Å².